The Morgan fingerprint density at radius 1 is 0.733 bits per heavy atom. The molecule has 0 rings (SSSR count). The Hall–Kier alpha value is -0.520. The fourth-order valence-electron chi connectivity index (χ4n) is 1.65. The van der Waals surface area contributed by atoms with Crippen LogP contribution in [0.4, 0.5) is 0 Å². The van der Waals surface area contributed by atoms with E-state index >= 15 is 0 Å². The van der Waals surface area contributed by atoms with Gasteiger partial charge in [-0.2, -0.15) is 0 Å². The van der Waals surface area contributed by atoms with E-state index in [9.17, 15) is 0 Å². The standard InChI is InChI=1S/C15H28/c1-3-5-7-9-11-13-15-14-12-10-8-6-4-2/h3,13,15H,1,4-12,14H2,2H3. The maximum Gasteiger partial charge on any atom is -0.0351 e. The highest BCUT2D eigenvalue weighted by molar-refractivity contribution is 4.81. The van der Waals surface area contributed by atoms with Crippen LogP contribution < -0.4 is 0 Å². The molecule has 0 aromatic rings. The molecule has 88 valence electrons. The molecule has 0 aliphatic heterocycles. The topological polar surface area (TPSA) is 0 Å². The van der Waals surface area contributed by atoms with Crippen LogP contribution in [-0.2, 0) is 0 Å². The van der Waals surface area contributed by atoms with Crippen molar-refractivity contribution in [2.24, 2.45) is 0 Å². The number of rotatable bonds is 11. The van der Waals surface area contributed by atoms with Gasteiger partial charge in [-0.25, -0.2) is 0 Å². The van der Waals surface area contributed by atoms with Gasteiger partial charge in [-0.05, 0) is 38.5 Å². The summed E-state index contributed by atoms with van der Waals surface area (Å²) in [6.07, 6.45) is 20.0. The molecule has 0 unspecified atom stereocenters. The van der Waals surface area contributed by atoms with E-state index in [0.717, 1.165) is 0 Å². The minimum absolute atomic E-state index is 1.17. The quantitative estimate of drug-likeness (QED) is 0.304. The largest absolute Gasteiger partial charge is 0.103 e. The molecule has 0 aromatic carbocycles. The van der Waals surface area contributed by atoms with Crippen LogP contribution in [0.5, 0.6) is 0 Å². The van der Waals surface area contributed by atoms with E-state index in [1.165, 1.54) is 64.2 Å². The van der Waals surface area contributed by atoms with Gasteiger partial charge in [-0.3, -0.25) is 0 Å². The highest BCUT2D eigenvalue weighted by Crippen LogP contribution is 2.06. The third kappa shape index (κ3) is 13.5. The van der Waals surface area contributed by atoms with E-state index in [0.29, 0.717) is 0 Å². The van der Waals surface area contributed by atoms with Crippen LogP contribution >= 0.6 is 0 Å². The first-order chi connectivity index (χ1) is 7.41. The lowest BCUT2D eigenvalue weighted by Gasteiger charge is -1.96. The Morgan fingerprint density at radius 3 is 1.87 bits per heavy atom. The van der Waals surface area contributed by atoms with Crippen molar-refractivity contribution in [1.82, 2.24) is 0 Å². The molecule has 0 nitrogen and oxygen atoms in total. The van der Waals surface area contributed by atoms with Gasteiger partial charge in [0, 0.05) is 0 Å². The molecule has 0 amide bonds. The Bertz CT molecular complexity index is 144. The zero-order chi connectivity index (χ0) is 11.2. The van der Waals surface area contributed by atoms with E-state index in [2.05, 4.69) is 25.7 Å². The number of hydrogen-bond acceptors (Lipinski definition) is 0. The Kier molecular flexibility index (Phi) is 13.0. The van der Waals surface area contributed by atoms with Gasteiger partial charge >= 0.3 is 0 Å². The first-order valence-corrected chi connectivity index (χ1v) is 6.67. The smallest absolute Gasteiger partial charge is 0.0351 e. The number of unbranched alkanes of at least 4 members (excludes halogenated alkanes) is 8. The molecule has 0 saturated carbocycles. The van der Waals surface area contributed by atoms with Gasteiger partial charge in [0.25, 0.3) is 0 Å². The van der Waals surface area contributed by atoms with Crippen molar-refractivity contribution in [2.45, 2.75) is 71.1 Å². The van der Waals surface area contributed by atoms with Crippen molar-refractivity contribution in [3.63, 3.8) is 0 Å². The molecule has 0 saturated heterocycles. The first-order valence-electron chi connectivity index (χ1n) is 6.67. The van der Waals surface area contributed by atoms with Gasteiger partial charge in [-0.15, -0.1) is 6.58 Å². The first kappa shape index (κ1) is 14.5. The maximum absolute atomic E-state index is 3.73. The Balaban J connectivity index is 3.00. The molecule has 0 radical (unpaired) electrons. The predicted molar refractivity (Wildman–Crippen MR) is 71.2 cm³/mol. The predicted octanol–water partition coefficient (Wildman–Crippen LogP) is 5.65. The average Bonchev–Trinajstić information content (AvgIpc) is 2.26. The molecular weight excluding hydrogens is 180 g/mol. The minimum Gasteiger partial charge on any atom is -0.103 e. The SMILES string of the molecule is C=CCCCCC=CCCCCCCC. The molecule has 0 spiro atoms. The molecule has 0 atom stereocenters. The van der Waals surface area contributed by atoms with Crippen molar-refractivity contribution in [2.75, 3.05) is 0 Å². The van der Waals surface area contributed by atoms with Gasteiger partial charge in [-0.1, -0.05) is 50.8 Å². The summed E-state index contributed by atoms with van der Waals surface area (Å²) in [5.41, 5.74) is 0. The third-order valence-corrected chi connectivity index (χ3v) is 2.67. The Morgan fingerprint density at radius 2 is 1.27 bits per heavy atom. The molecule has 0 N–H and O–H groups in total. The van der Waals surface area contributed by atoms with Crippen LogP contribution in [0.3, 0.4) is 0 Å². The highest BCUT2D eigenvalue weighted by atomic mass is 13.9. The summed E-state index contributed by atoms with van der Waals surface area (Å²) in [7, 11) is 0. The normalized spacial score (nSPS) is 11.0. The van der Waals surface area contributed by atoms with Gasteiger partial charge in [0.1, 0.15) is 0 Å². The molecular formula is C15H28. The van der Waals surface area contributed by atoms with E-state index < -0.39 is 0 Å². The summed E-state index contributed by atoms with van der Waals surface area (Å²) in [5, 5.41) is 0. The third-order valence-electron chi connectivity index (χ3n) is 2.67. The van der Waals surface area contributed by atoms with Crippen LogP contribution in [0.25, 0.3) is 0 Å². The van der Waals surface area contributed by atoms with Gasteiger partial charge < -0.3 is 0 Å². The summed E-state index contributed by atoms with van der Waals surface area (Å²) in [4.78, 5) is 0. The summed E-state index contributed by atoms with van der Waals surface area (Å²) in [6, 6.07) is 0. The fraction of sp³-hybridized carbons (Fsp3) is 0.733. The van der Waals surface area contributed by atoms with Crippen LogP contribution in [0, 0.1) is 0 Å². The summed E-state index contributed by atoms with van der Waals surface area (Å²) < 4.78 is 0. The lowest BCUT2D eigenvalue weighted by atomic mass is 10.1. The molecule has 0 aliphatic rings. The van der Waals surface area contributed by atoms with E-state index in [4.69, 9.17) is 0 Å². The number of hydrogen-bond donors (Lipinski definition) is 0. The van der Waals surface area contributed by atoms with Crippen LogP contribution in [0.1, 0.15) is 71.1 Å². The highest BCUT2D eigenvalue weighted by Gasteiger charge is 1.86. The maximum atomic E-state index is 3.73. The summed E-state index contributed by atoms with van der Waals surface area (Å²) in [5.74, 6) is 0. The van der Waals surface area contributed by atoms with Gasteiger partial charge in [0.05, 0.1) is 0 Å². The second-order valence-electron chi connectivity index (χ2n) is 4.25. The monoisotopic (exact) mass is 208 g/mol. The second-order valence-corrected chi connectivity index (χ2v) is 4.25. The van der Waals surface area contributed by atoms with Crippen molar-refractivity contribution in [1.29, 1.82) is 0 Å². The number of allylic oxidation sites excluding steroid dienone is 3. The van der Waals surface area contributed by atoms with Gasteiger partial charge in [0.15, 0.2) is 0 Å². The van der Waals surface area contributed by atoms with Crippen LogP contribution in [-0.4, -0.2) is 0 Å². The summed E-state index contributed by atoms with van der Waals surface area (Å²) >= 11 is 0. The van der Waals surface area contributed by atoms with Crippen molar-refractivity contribution < 1.29 is 0 Å². The van der Waals surface area contributed by atoms with Crippen LogP contribution in [0.15, 0.2) is 24.8 Å². The average molecular weight is 208 g/mol. The molecule has 0 heterocycles. The fourth-order valence-corrected chi connectivity index (χ4v) is 1.65. The molecule has 0 bridgehead atoms. The lowest BCUT2D eigenvalue weighted by molar-refractivity contribution is 0.636. The molecule has 15 heavy (non-hydrogen) atoms. The van der Waals surface area contributed by atoms with Crippen LogP contribution in [0.2, 0.25) is 0 Å². The van der Waals surface area contributed by atoms with E-state index in [-0.39, 0.29) is 0 Å². The molecule has 0 aliphatic carbocycles. The van der Waals surface area contributed by atoms with E-state index in [1.807, 2.05) is 6.08 Å². The van der Waals surface area contributed by atoms with Crippen molar-refractivity contribution >= 4 is 0 Å². The second kappa shape index (κ2) is 13.5. The minimum atomic E-state index is 1.17. The van der Waals surface area contributed by atoms with Crippen molar-refractivity contribution in [3.05, 3.63) is 24.8 Å². The summed E-state index contributed by atoms with van der Waals surface area (Å²) in [6.45, 7) is 5.99. The molecule has 0 fully saturated rings. The Labute approximate surface area is 96.5 Å². The van der Waals surface area contributed by atoms with E-state index in [1.54, 1.807) is 0 Å². The molecule has 0 heteroatoms. The zero-order valence-electron chi connectivity index (χ0n) is 10.5. The lowest BCUT2D eigenvalue weighted by Crippen LogP contribution is -1.76. The zero-order valence-corrected chi connectivity index (χ0v) is 10.5. The van der Waals surface area contributed by atoms with Crippen molar-refractivity contribution in [3.8, 4) is 0 Å². The molecule has 0 aromatic heterocycles. The van der Waals surface area contributed by atoms with Gasteiger partial charge in [0.2, 0.25) is 0 Å².